The van der Waals surface area contributed by atoms with Crippen LogP contribution in [0.4, 0.5) is 0 Å². The second kappa shape index (κ2) is 5.59. The van der Waals surface area contributed by atoms with Crippen molar-refractivity contribution in [1.82, 2.24) is 9.78 Å². The van der Waals surface area contributed by atoms with Gasteiger partial charge in [0.15, 0.2) is 6.23 Å². The van der Waals surface area contributed by atoms with E-state index in [1.807, 2.05) is 31.2 Å². The van der Waals surface area contributed by atoms with E-state index in [-0.39, 0.29) is 11.8 Å². The van der Waals surface area contributed by atoms with Gasteiger partial charge in [-0.1, -0.05) is 29.8 Å². The number of aromatic nitrogens is 2. The maximum atomic E-state index is 12.2. The van der Waals surface area contributed by atoms with Gasteiger partial charge in [0.25, 0.3) is 5.56 Å². The molecule has 20 heavy (non-hydrogen) atoms. The molecule has 0 radical (unpaired) electrons. The van der Waals surface area contributed by atoms with Crippen LogP contribution in [0.3, 0.4) is 0 Å². The molecule has 3 rings (SSSR count). The largest absolute Gasteiger partial charge is 0.356 e. The molecule has 4 nitrogen and oxygen atoms in total. The lowest BCUT2D eigenvalue weighted by molar-refractivity contribution is -0.0424. The number of hydrogen-bond donors (Lipinski definition) is 0. The lowest BCUT2D eigenvalue weighted by Crippen LogP contribution is -2.30. The quantitative estimate of drug-likeness (QED) is 0.842. The topological polar surface area (TPSA) is 44.1 Å². The molecule has 2 heterocycles. The summed E-state index contributed by atoms with van der Waals surface area (Å²) in [4.78, 5) is 12.2. The molecule has 1 atom stereocenters. The zero-order chi connectivity index (χ0) is 13.9. The van der Waals surface area contributed by atoms with Crippen molar-refractivity contribution in [3.05, 3.63) is 52.4 Å². The SMILES string of the molecule is Cc1ccc(-c2cnn(C3CCCCO3)c(=O)c2)cc1. The van der Waals surface area contributed by atoms with Gasteiger partial charge in [-0.25, -0.2) is 4.68 Å². The average Bonchev–Trinajstić information content (AvgIpc) is 2.49. The summed E-state index contributed by atoms with van der Waals surface area (Å²) >= 11 is 0. The Balaban J connectivity index is 1.90. The fourth-order valence-corrected chi connectivity index (χ4v) is 2.45. The van der Waals surface area contributed by atoms with Crippen LogP contribution >= 0.6 is 0 Å². The Bertz CT molecular complexity index is 640. The normalized spacial score (nSPS) is 18.9. The summed E-state index contributed by atoms with van der Waals surface area (Å²) in [5, 5.41) is 4.28. The molecule has 0 N–H and O–H groups in total. The van der Waals surface area contributed by atoms with Crippen molar-refractivity contribution in [2.24, 2.45) is 0 Å². The van der Waals surface area contributed by atoms with Gasteiger partial charge in [0, 0.05) is 18.2 Å². The Kier molecular flexibility index (Phi) is 3.65. The third kappa shape index (κ3) is 2.65. The van der Waals surface area contributed by atoms with E-state index >= 15 is 0 Å². The molecule has 1 saturated heterocycles. The zero-order valence-corrected chi connectivity index (χ0v) is 11.6. The summed E-state index contributed by atoms with van der Waals surface area (Å²) in [6, 6.07) is 9.71. The van der Waals surface area contributed by atoms with Gasteiger partial charge in [0.05, 0.1) is 6.20 Å². The van der Waals surface area contributed by atoms with Gasteiger partial charge in [-0.3, -0.25) is 4.79 Å². The van der Waals surface area contributed by atoms with Crippen molar-refractivity contribution in [3.8, 4) is 11.1 Å². The van der Waals surface area contributed by atoms with Gasteiger partial charge in [-0.15, -0.1) is 0 Å². The molecule has 1 unspecified atom stereocenters. The Morgan fingerprint density at radius 1 is 1.20 bits per heavy atom. The lowest BCUT2D eigenvalue weighted by atomic mass is 10.1. The molecule has 0 amide bonds. The van der Waals surface area contributed by atoms with E-state index in [0.717, 1.165) is 30.4 Å². The van der Waals surface area contributed by atoms with Crippen LogP contribution in [0, 0.1) is 6.92 Å². The highest BCUT2D eigenvalue weighted by atomic mass is 16.5. The maximum Gasteiger partial charge on any atom is 0.269 e. The van der Waals surface area contributed by atoms with Crippen molar-refractivity contribution >= 4 is 0 Å². The van der Waals surface area contributed by atoms with Crippen molar-refractivity contribution < 1.29 is 4.74 Å². The van der Waals surface area contributed by atoms with Crippen LogP contribution in [0.25, 0.3) is 11.1 Å². The maximum absolute atomic E-state index is 12.2. The molecule has 1 aliphatic heterocycles. The molecule has 104 valence electrons. The van der Waals surface area contributed by atoms with E-state index < -0.39 is 0 Å². The fraction of sp³-hybridized carbons (Fsp3) is 0.375. The number of aryl methyl sites for hydroxylation is 1. The predicted octanol–water partition coefficient (Wildman–Crippen LogP) is 2.92. The zero-order valence-electron chi connectivity index (χ0n) is 11.6. The molecule has 1 aromatic carbocycles. The van der Waals surface area contributed by atoms with E-state index in [9.17, 15) is 4.79 Å². The van der Waals surface area contributed by atoms with Gasteiger partial charge in [0.2, 0.25) is 0 Å². The first-order valence-electron chi connectivity index (χ1n) is 7.01. The molecule has 1 aliphatic rings. The third-order valence-corrected chi connectivity index (χ3v) is 3.64. The van der Waals surface area contributed by atoms with Crippen LogP contribution in [0.5, 0.6) is 0 Å². The molecule has 0 aliphatic carbocycles. The van der Waals surface area contributed by atoms with Gasteiger partial charge in [0.1, 0.15) is 0 Å². The summed E-state index contributed by atoms with van der Waals surface area (Å²) in [6.45, 7) is 2.75. The van der Waals surface area contributed by atoms with E-state index in [2.05, 4.69) is 5.10 Å². The number of nitrogens with zero attached hydrogens (tertiary/aromatic N) is 2. The van der Waals surface area contributed by atoms with Gasteiger partial charge in [-0.05, 0) is 31.7 Å². The predicted molar refractivity (Wildman–Crippen MR) is 77.5 cm³/mol. The van der Waals surface area contributed by atoms with Crippen molar-refractivity contribution in [2.45, 2.75) is 32.4 Å². The molecule has 0 bridgehead atoms. The molecule has 1 aromatic heterocycles. The van der Waals surface area contributed by atoms with Crippen LogP contribution < -0.4 is 5.56 Å². The van der Waals surface area contributed by atoms with Crippen LogP contribution in [0.15, 0.2) is 41.3 Å². The molecule has 1 fully saturated rings. The summed E-state index contributed by atoms with van der Waals surface area (Å²) in [6.07, 6.45) is 4.54. The van der Waals surface area contributed by atoms with Gasteiger partial charge in [-0.2, -0.15) is 5.10 Å². The highest BCUT2D eigenvalue weighted by Crippen LogP contribution is 2.21. The molecule has 4 heteroatoms. The summed E-state index contributed by atoms with van der Waals surface area (Å²) in [5.74, 6) is 0. The average molecular weight is 270 g/mol. The van der Waals surface area contributed by atoms with Crippen molar-refractivity contribution in [2.75, 3.05) is 6.61 Å². The number of hydrogen-bond acceptors (Lipinski definition) is 3. The van der Waals surface area contributed by atoms with Crippen molar-refractivity contribution in [3.63, 3.8) is 0 Å². The number of benzene rings is 1. The van der Waals surface area contributed by atoms with Gasteiger partial charge >= 0.3 is 0 Å². The Morgan fingerprint density at radius 3 is 2.65 bits per heavy atom. The van der Waals surface area contributed by atoms with Crippen LogP contribution in [0.1, 0.15) is 31.1 Å². The molecular weight excluding hydrogens is 252 g/mol. The Hall–Kier alpha value is -1.94. The highest BCUT2D eigenvalue weighted by molar-refractivity contribution is 5.62. The lowest BCUT2D eigenvalue weighted by Gasteiger charge is -2.23. The van der Waals surface area contributed by atoms with Crippen molar-refractivity contribution in [1.29, 1.82) is 0 Å². The second-order valence-electron chi connectivity index (χ2n) is 5.21. The van der Waals surface area contributed by atoms with E-state index in [0.29, 0.717) is 6.61 Å². The van der Waals surface area contributed by atoms with Crippen LogP contribution in [-0.2, 0) is 4.74 Å². The standard InChI is InChI=1S/C16H18N2O2/c1-12-5-7-13(8-6-12)14-10-15(19)18(17-11-14)16-4-2-3-9-20-16/h5-8,10-11,16H,2-4,9H2,1H3. The second-order valence-corrected chi connectivity index (χ2v) is 5.21. The summed E-state index contributed by atoms with van der Waals surface area (Å²) < 4.78 is 7.06. The minimum atomic E-state index is -0.205. The minimum Gasteiger partial charge on any atom is -0.356 e. The number of rotatable bonds is 2. The first-order chi connectivity index (χ1) is 9.74. The van der Waals surface area contributed by atoms with Crippen LogP contribution in [-0.4, -0.2) is 16.4 Å². The number of ether oxygens (including phenoxy) is 1. The molecule has 0 saturated carbocycles. The first-order valence-corrected chi connectivity index (χ1v) is 7.01. The Labute approximate surface area is 118 Å². The Morgan fingerprint density at radius 2 is 2.00 bits per heavy atom. The van der Waals surface area contributed by atoms with E-state index in [1.165, 1.54) is 10.2 Å². The molecule has 0 spiro atoms. The smallest absolute Gasteiger partial charge is 0.269 e. The summed E-state index contributed by atoms with van der Waals surface area (Å²) in [7, 11) is 0. The van der Waals surface area contributed by atoms with E-state index in [4.69, 9.17) is 4.74 Å². The highest BCUT2D eigenvalue weighted by Gasteiger charge is 2.17. The fourth-order valence-electron chi connectivity index (χ4n) is 2.45. The van der Waals surface area contributed by atoms with Gasteiger partial charge < -0.3 is 4.74 Å². The summed E-state index contributed by atoms with van der Waals surface area (Å²) in [5.41, 5.74) is 2.96. The minimum absolute atomic E-state index is 0.102. The third-order valence-electron chi connectivity index (χ3n) is 3.64. The monoisotopic (exact) mass is 270 g/mol. The molecule has 2 aromatic rings. The molecular formula is C16H18N2O2. The first kappa shape index (κ1) is 13.1. The van der Waals surface area contributed by atoms with E-state index in [1.54, 1.807) is 12.3 Å². The van der Waals surface area contributed by atoms with Crippen LogP contribution in [0.2, 0.25) is 0 Å².